The summed E-state index contributed by atoms with van der Waals surface area (Å²) in [5.74, 6) is 0.507. The van der Waals surface area contributed by atoms with Crippen molar-refractivity contribution in [3.05, 3.63) is 65.7 Å². The number of carbonyl (C=O) groups excluding carboxylic acids is 1. The number of fused-ring (bicyclic) bond motifs is 1. The maximum Gasteiger partial charge on any atom is 0.241 e. The van der Waals surface area contributed by atoms with E-state index in [2.05, 4.69) is 0 Å². The molecule has 0 aromatic heterocycles. The van der Waals surface area contributed by atoms with Crippen LogP contribution in [0.5, 0.6) is 5.75 Å². The quantitative estimate of drug-likeness (QED) is 0.713. The molecule has 2 aromatic rings. The smallest absolute Gasteiger partial charge is 0.241 e. The van der Waals surface area contributed by atoms with Gasteiger partial charge in [0.1, 0.15) is 18.4 Å². The maximum atomic E-state index is 13.1. The standard InChI is InChI=1S/C21H26N2O4S/c1-3-28(25,26)23-16-18-10-8-7-9-17(18)15-20(23)21(24)22(2)13-14-27-19-11-5-4-6-12-19/h4-12,20H,3,13-16H2,1-2H3/t20-/m0/s1. The van der Waals surface area contributed by atoms with Crippen molar-refractivity contribution in [2.24, 2.45) is 0 Å². The van der Waals surface area contributed by atoms with Crippen molar-refractivity contribution in [3.63, 3.8) is 0 Å². The molecule has 0 aliphatic carbocycles. The van der Waals surface area contributed by atoms with E-state index >= 15 is 0 Å². The van der Waals surface area contributed by atoms with Gasteiger partial charge >= 0.3 is 0 Å². The van der Waals surface area contributed by atoms with Gasteiger partial charge in [0.05, 0.1) is 12.3 Å². The molecule has 150 valence electrons. The third kappa shape index (κ3) is 4.54. The molecule has 1 aliphatic heterocycles. The van der Waals surface area contributed by atoms with E-state index in [1.807, 2.05) is 54.6 Å². The number of ether oxygens (including phenoxy) is 1. The highest BCUT2D eigenvalue weighted by atomic mass is 32.2. The SMILES string of the molecule is CCS(=O)(=O)N1Cc2ccccc2C[C@H]1C(=O)N(C)CCOc1ccccc1. The van der Waals surface area contributed by atoms with Gasteiger partial charge in [-0.15, -0.1) is 0 Å². The summed E-state index contributed by atoms with van der Waals surface area (Å²) in [6.45, 7) is 2.56. The zero-order valence-corrected chi connectivity index (χ0v) is 17.1. The van der Waals surface area contributed by atoms with Gasteiger partial charge in [-0.2, -0.15) is 4.31 Å². The first-order valence-corrected chi connectivity index (χ1v) is 11.0. The van der Waals surface area contributed by atoms with Gasteiger partial charge in [-0.1, -0.05) is 42.5 Å². The van der Waals surface area contributed by atoms with Crippen molar-refractivity contribution < 1.29 is 17.9 Å². The Balaban J connectivity index is 1.72. The summed E-state index contributed by atoms with van der Waals surface area (Å²) in [6, 6.07) is 16.4. The van der Waals surface area contributed by atoms with Crippen LogP contribution in [0.2, 0.25) is 0 Å². The fourth-order valence-corrected chi connectivity index (χ4v) is 4.57. The molecule has 6 nitrogen and oxygen atoms in total. The molecule has 1 heterocycles. The second kappa shape index (κ2) is 8.75. The first-order valence-electron chi connectivity index (χ1n) is 9.41. The lowest BCUT2D eigenvalue weighted by Gasteiger charge is -2.36. The van der Waals surface area contributed by atoms with Crippen molar-refractivity contribution in [2.45, 2.75) is 25.9 Å². The minimum atomic E-state index is -3.50. The van der Waals surface area contributed by atoms with Gasteiger partial charge in [0.2, 0.25) is 15.9 Å². The van der Waals surface area contributed by atoms with Gasteiger partial charge in [0.15, 0.2) is 0 Å². The Labute approximate surface area is 166 Å². The van der Waals surface area contributed by atoms with Crippen LogP contribution in [0.15, 0.2) is 54.6 Å². The van der Waals surface area contributed by atoms with Crippen LogP contribution in [-0.2, 0) is 27.8 Å². The molecule has 1 aliphatic rings. The number of rotatable bonds is 7. The summed E-state index contributed by atoms with van der Waals surface area (Å²) in [6.07, 6.45) is 0.387. The van der Waals surface area contributed by atoms with Gasteiger partial charge in [-0.05, 0) is 36.6 Å². The van der Waals surface area contributed by atoms with Crippen molar-refractivity contribution in [3.8, 4) is 5.75 Å². The van der Waals surface area contributed by atoms with E-state index < -0.39 is 16.1 Å². The number of para-hydroxylation sites is 1. The lowest BCUT2D eigenvalue weighted by Crippen LogP contribution is -2.53. The predicted molar refractivity (Wildman–Crippen MR) is 109 cm³/mol. The molecule has 28 heavy (non-hydrogen) atoms. The van der Waals surface area contributed by atoms with Crippen molar-refractivity contribution in [2.75, 3.05) is 26.0 Å². The van der Waals surface area contributed by atoms with E-state index in [-0.39, 0.29) is 18.2 Å². The number of nitrogens with zero attached hydrogens (tertiary/aromatic N) is 2. The fraction of sp³-hybridized carbons (Fsp3) is 0.381. The molecule has 0 bridgehead atoms. The number of benzene rings is 2. The van der Waals surface area contributed by atoms with Crippen LogP contribution in [0.3, 0.4) is 0 Å². The van der Waals surface area contributed by atoms with Crippen LogP contribution in [0.4, 0.5) is 0 Å². The average Bonchev–Trinajstić information content (AvgIpc) is 2.73. The average molecular weight is 403 g/mol. The highest BCUT2D eigenvalue weighted by molar-refractivity contribution is 7.89. The van der Waals surface area contributed by atoms with Crippen molar-refractivity contribution in [1.82, 2.24) is 9.21 Å². The normalized spacial score (nSPS) is 17.0. The van der Waals surface area contributed by atoms with Crippen molar-refractivity contribution >= 4 is 15.9 Å². The monoisotopic (exact) mass is 402 g/mol. The Morgan fingerprint density at radius 3 is 2.43 bits per heavy atom. The Hall–Kier alpha value is -2.38. The summed E-state index contributed by atoms with van der Waals surface area (Å²) in [7, 11) is -1.81. The molecule has 0 fully saturated rings. The summed E-state index contributed by atoms with van der Waals surface area (Å²) in [4.78, 5) is 14.6. The fourth-order valence-electron chi connectivity index (χ4n) is 3.35. The maximum absolute atomic E-state index is 13.1. The van der Waals surface area contributed by atoms with Gasteiger partial charge in [0.25, 0.3) is 0 Å². The molecule has 1 amide bonds. The molecule has 2 aromatic carbocycles. The van der Waals surface area contributed by atoms with E-state index in [1.165, 1.54) is 4.31 Å². The second-order valence-corrected chi connectivity index (χ2v) is 9.07. The molecule has 1 atom stereocenters. The number of amides is 1. The van der Waals surface area contributed by atoms with Crippen LogP contribution in [0.25, 0.3) is 0 Å². The molecule has 0 spiro atoms. The number of hydrogen-bond donors (Lipinski definition) is 0. The molecular formula is C21H26N2O4S. The minimum absolute atomic E-state index is 0.0280. The summed E-state index contributed by atoms with van der Waals surface area (Å²) >= 11 is 0. The van der Waals surface area contributed by atoms with Crippen LogP contribution in [0, 0.1) is 0 Å². The van der Waals surface area contributed by atoms with Gasteiger partial charge in [0, 0.05) is 13.6 Å². The largest absolute Gasteiger partial charge is 0.492 e. The zero-order valence-electron chi connectivity index (χ0n) is 16.2. The van der Waals surface area contributed by atoms with E-state index in [0.29, 0.717) is 19.6 Å². The molecule has 3 rings (SSSR count). The van der Waals surface area contributed by atoms with E-state index in [4.69, 9.17) is 4.74 Å². The summed E-state index contributed by atoms with van der Waals surface area (Å²) in [5, 5.41) is 0. The first kappa shape index (κ1) is 20.4. The first-order chi connectivity index (χ1) is 13.4. The highest BCUT2D eigenvalue weighted by Crippen LogP contribution is 2.27. The van der Waals surface area contributed by atoms with Crippen LogP contribution in [-0.4, -0.2) is 55.5 Å². The zero-order chi connectivity index (χ0) is 20.1. The van der Waals surface area contributed by atoms with Gasteiger partial charge in [-0.3, -0.25) is 4.79 Å². The van der Waals surface area contributed by atoms with E-state index in [0.717, 1.165) is 16.9 Å². The highest BCUT2D eigenvalue weighted by Gasteiger charge is 2.39. The molecule has 0 N–H and O–H groups in total. The summed E-state index contributed by atoms with van der Waals surface area (Å²) in [5.41, 5.74) is 1.98. The lowest BCUT2D eigenvalue weighted by atomic mass is 9.95. The molecular weight excluding hydrogens is 376 g/mol. The van der Waals surface area contributed by atoms with Crippen LogP contribution < -0.4 is 4.74 Å². The molecule has 0 saturated carbocycles. The van der Waals surface area contributed by atoms with Gasteiger partial charge < -0.3 is 9.64 Å². The molecule has 0 unspecified atom stereocenters. The Kier molecular flexibility index (Phi) is 6.36. The van der Waals surface area contributed by atoms with Crippen molar-refractivity contribution in [1.29, 1.82) is 0 Å². The van der Waals surface area contributed by atoms with Crippen LogP contribution in [0.1, 0.15) is 18.1 Å². The van der Waals surface area contributed by atoms with E-state index in [9.17, 15) is 13.2 Å². The van der Waals surface area contributed by atoms with E-state index in [1.54, 1.807) is 18.9 Å². The molecule has 7 heteroatoms. The number of hydrogen-bond acceptors (Lipinski definition) is 4. The number of likely N-dealkylation sites (N-methyl/N-ethyl adjacent to an activating group) is 1. The molecule has 0 saturated heterocycles. The topological polar surface area (TPSA) is 66.9 Å². The Morgan fingerprint density at radius 2 is 1.75 bits per heavy atom. The lowest BCUT2D eigenvalue weighted by molar-refractivity contribution is -0.134. The number of sulfonamides is 1. The molecule has 0 radical (unpaired) electrons. The Morgan fingerprint density at radius 1 is 1.11 bits per heavy atom. The second-order valence-electron chi connectivity index (χ2n) is 6.86. The minimum Gasteiger partial charge on any atom is -0.492 e. The van der Waals surface area contributed by atoms with Crippen LogP contribution >= 0.6 is 0 Å². The summed E-state index contributed by atoms with van der Waals surface area (Å²) < 4.78 is 32.3. The third-order valence-corrected chi connectivity index (χ3v) is 6.86. The number of carbonyl (C=O) groups is 1. The third-order valence-electron chi connectivity index (χ3n) is 5.03. The predicted octanol–water partition coefficient (Wildman–Crippen LogP) is 2.30. The van der Waals surface area contributed by atoms with Gasteiger partial charge in [-0.25, -0.2) is 8.42 Å². The Bertz CT molecular complexity index is 915.